The Morgan fingerprint density at radius 2 is 1.95 bits per heavy atom. The lowest BCUT2D eigenvalue weighted by atomic mass is 10.2. The first kappa shape index (κ1) is 13.6. The monoisotopic (exact) mass is 299 g/mol. The number of ether oxygens (including phenoxy) is 1. The van der Waals surface area contributed by atoms with E-state index in [0.717, 1.165) is 5.39 Å². The van der Waals surface area contributed by atoms with Crippen LogP contribution in [0, 0.1) is 0 Å². The van der Waals surface area contributed by atoms with Gasteiger partial charge in [0.25, 0.3) is 0 Å². The van der Waals surface area contributed by atoms with E-state index in [0.29, 0.717) is 22.9 Å². The number of aromatic nitrogens is 3. The van der Waals surface area contributed by atoms with E-state index >= 15 is 0 Å². The molecule has 0 saturated carbocycles. The van der Waals surface area contributed by atoms with E-state index in [2.05, 4.69) is 15.0 Å². The molecule has 1 aromatic carbocycles. The highest BCUT2D eigenvalue weighted by atomic mass is 32.2. The minimum Gasteiger partial charge on any atom is -0.478 e. The number of nitrogens with zero attached hydrogens (tertiary/aromatic N) is 3. The first-order valence-electron chi connectivity index (χ1n) is 6.51. The summed E-state index contributed by atoms with van der Waals surface area (Å²) in [6, 6.07) is 11.0. The van der Waals surface area contributed by atoms with Crippen molar-refractivity contribution in [3.8, 4) is 5.88 Å². The van der Waals surface area contributed by atoms with Crippen molar-refractivity contribution in [1.82, 2.24) is 15.0 Å². The fourth-order valence-electron chi connectivity index (χ4n) is 1.97. The maximum Gasteiger partial charge on any atom is 0.226 e. The molecule has 2 heterocycles. The number of benzene rings is 1. The van der Waals surface area contributed by atoms with Gasteiger partial charge in [-0.25, -0.2) is 9.19 Å². The van der Waals surface area contributed by atoms with E-state index in [-0.39, 0.29) is 5.16 Å². The van der Waals surface area contributed by atoms with Crippen molar-refractivity contribution < 1.29 is 8.95 Å². The minimum absolute atomic E-state index is 0.221. The zero-order valence-electron chi connectivity index (χ0n) is 11.4. The molecule has 21 heavy (non-hydrogen) atoms. The summed E-state index contributed by atoms with van der Waals surface area (Å²) in [5.41, 5.74) is 0.698. The average molecular weight is 299 g/mol. The molecular weight excluding hydrogens is 286 g/mol. The third kappa shape index (κ3) is 2.75. The smallest absolute Gasteiger partial charge is 0.226 e. The van der Waals surface area contributed by atoms with Crippen molar-refractivity contribution in [3.63, 3.8) is 0 Å². The van der Waals surface area contributed by atoms with Gasteiger partial charge in [-0.15, -0.1) is 0 Å². The molecule has 0 bridgehead atoms. The highest BCUT2D eigenvalue weighted by Crippen LogP contribution is 2.22. The number of hydrogen-bond acceptors (Lipinski definition) is 5. The lowest BCUT2D eigenvalue weighted by Crippen LogP contribution is -2.03. The van der Waals surface area contributed by atoms with E-state index in [9.17, 15) is 4.21 Å². The Hall–Kier alpha value is -2.34. The highest BCUT2D eigenvalue weighted by molar-refractivity contribution is 7.85. The van der Waals surface area contributed by atoms with Crippen LogP contribution in [0.5, 0.6) is 5.88 Å². The van der Waals surface area contributed by atoms with Gasteiger partial charge >= 0.3 is 0 Å². The van der Waals surface area contributed by atoms with Gasteiger partial charge in [0.05, 0.1) is 17.0 Å². The highest BCUT2D eigenvalue weighted by Gasteiger charge is 2.15. The van der Waals surface area contributed by atoms with Crippen LogP contribution >= 0.6 is 0 Å². The van der Waals surface area contributed by atoms with Crippen molar-refractivity contribution in [2.45, 2.75) is 17.0 Å². The quantitative estimate of drug-likeness (QED) is 0.693. The zero-order valence-corrected chi connectivity index (χ0v) is 12.2. The fourth-order valence-corrected chi connectivity index (χ4v) is 3.04. The van der Waals surface area contributed by atoms with Crippen LogP contribution < -0.4 is 4.74 Å². The maximum absolute atomic E-state index is 12.7. The summed E-state index contributed by atoms with van der Waals surface area (Å²) >= 11 is 0. The molecule has 0 fully saturated rings. The van der Waals surface area contributed by atoms with Crippen LogP contribution in [0.4, 0.5) is 0 Å². The number of rotatable bonds is 4. The van der Waals surface area contributed by atoms with Crippen LogP contribution in [-0.2, 0) is 10.8 Å². The number of hydrogen-bond donors (Lipinski definition) is 0. The van der Waals surface area contributed by atoms with Gasteiger partial charge in [0.1, 0.15) is 10.8 Å². The topological polar surface area (TPSA) is 65.0 Å². The molecule has 0 saturated heterocycles. The zero-order chi connectivity index (χ0) is 14.7. The Labute approximate surface area is 124 Å². The molecular formula is C15H13N3O2S. The molecule has 0 radical (unpaired) electrons. The molecule has 1 atom stereocenters. The van der Waals surface area contributed by atoms with Gasteiger partial charge in [0.15, 0.2) is 0 Å². The summed E-state index contributed by atoms with van der Waals surface area (Å²) in [6.07, 6.45) is 3.23. The number of para-hydroxylation sites is 1. The number of fused-ring (bicyclic) bond motifs is 1. The fraction of sp³-hybridized carbons (Fsp3) is 0.133. The Balaban J connectivity index is 2.06. The van der Waals surface area contributed by atoms with E-state index < -0.39 is 10.8 Å². The summed E-state index contributed by atoms with van der Waals surface area (Å²) in [4.78, 5) is 13.2. The lowest BCUT2D eigenvalue weighted by Gasteiger charge is -2.06. The molecule has 0 aliphatic heterocycles. The molecule has 0 aliphatic carbocycles. The third-order valence-corrected chi connectivity index (χ3v) is 4.12. The van der Waals surface area contributed by atoms with Gasteiger partial charge in [-0.05, 0) is 19.1 Å². The van der Waals surface area contributed by atoms with E-state index in [4.69, 9.17) is 4.74 Å². The molecule has 0 aliphatic rings. The lowest BCUT2D eigenvalue weighted by molar-refractivity contribution is 0.323. The maximum atomic E-state index is 12.7. The SMILES string of the molecule is CCOc1ccnc(S(=O)c2cccc3cccnc23)n1. The Kier molecular flexibility index (Phi) is 3.87. The average Bonchev–Trinajstić information content (AvgIpc) is 2.54. The molecule has 0 spiro atoms. The first-order valence-corrected chi connectivity index (χ1v) is 7.66. The summed E-state index contributed by atoms with van der Waals surface area (Å²) in [7, 11) is -1.50. The van der Waals surface area contributed by atoms with Crippen molar-refractivity contribution in [2.24, 2.45) is 0 Å². The van der Waals surface area contributed by atoms with E-state index in [1.807, 2.05) is 31.2 Å². The van der Waals surface area contributed by atoms with Crippen LogP contribution in [0.1, 0.15) is 6.92 Å². The van der Waals surface area contributed by atoms with E-state index in [1.165, 1.54) is 0 Å². The third-order valence-electron chi connectivity index (χ3n) is 2.86. The Morgan fingerprint density at radius 3 is 2.81 bits per heavy atom. The largest absolute Gasteiger partial charge is 0.478 e. The second-order valence-corrected chi connectivity index (χ2v) is 5.55. The van der Waals surface area contributed by atoms with Gasteiger partial charge in [-0.2, -0.15) is 4.98 Å². The van der Waals surface area contributed by atoms with Gasteiger partial charge in [0, 0.05) is 23.8 Å². The molecule has 1 unspecified atom stereocenters. The first-order chi connectivity index (χ1) is 10.3. The molecule has 6 heteroatoms. The van der Waals surface area contributed by atoms with E-state index in [1.54, 1.807) is 24.5 Å². The van der Waals surface area contributed by atoms with Crippen LogP contribution in [0.2, 0.25) is 0 Å². The van der Waals surface area contributed by atoms with Crippen molar-refractivity contribution >= 4 is 21.7 Å². The van der Waals surface area contributed by atoms with Gasteiger partial charge < -0.3 is 4.74 Å². The predicted molar refractivity (Wildman–Crippen MR) is 79.6 cm³/mol. The second-order valence-electron chi connectivity index (χ2n) is 4.21. The molecule has 3 rings (SSSR count). The van der Waals surface area contributed by atoms with Gasteiger partial charge in [-0.3, -0.25) is 4.98 Å². The molecule has 5 nitrogen and oxygen atoms in total. The molecule has 0 N–H and O–H groups in total. The molecule has 106 valence electrons. The van der Waals surface area contributed by atoms with Crippen molar-refractivity contribution in [2.75, 3.05) is 6.61 Å². The Morgan fingerprint density at radius 1 is 1.10 bits per heavy atom. The van der Waals surface area contributed by atoms with Crippen molar-refractivity contribution in [3.05, 3.63) is 48.8 Å². The summed E-state index contributed by atoms with van der Waals surface area (Å²) in [5, 5.41) is 1.16. The molecule has 0 amide bonds. The van der Waals surface area contributed by atoms with Gasteiger partial charge in [-0.1, -0.05) is 18.2 Å². The predicted octanol–water partition coefficient (Wildman–Crippen LogP) is 2.59. The van der Waals surface area contributed by atoms with Crippen LogP contribution in [-0.4, -0.2) is 25.8 Å². The van der Waals surface area contributed by atoms with Gasteiger partial charge in [0.2, 0.25) is 11.0 Å². The standard InChI is InChI=1S/C15H13N3O2S/c1-2-20-13-8-10-17-15(18-13)21(19)12-7-3-5-11-6-4-9-16-14(11)12/h3-10H,2H2,1H3. The summed E-state index contributed by atoms with van der Waals surface area (Å²) in [5.74, 6) is 0.420. The molecule has 2 aromatic heterocycles. The van der Waals surface area contributed by atoms with Crippen LogP contribution in [0.3, 0.4) is 0 Å². The summed E-state index contributed by atoms with van der Waals surface area (Å²) in [6.45, 7) is 2.37. The van der Waals surface area contributed by atoms with Crippen LogP contribution in [0.25, 0.3) is 10.9 Å². The summed E-state index contributed by atoms with van der Waals surface area (Å²) < 4.78 is 18.0. The second kappa shape index (κ2) is 5.97. The Bertz CT molecular complexity index is 802. The number of pyridine rings is 1. The minimum atomic E-state index is -1.50. The molecule has 3 aromatic rings. The van der Waals surface area contributed by atoms with Crippen molar-refractivity contribution in [1.29, 1.82) is 0 Å². The van der Waals surface area contributed by atoms with Crippen LogP contribution in [0.15, 0.2) is 58.8 Å². The normalized spacial score (nSPS) is 12.2.